The third-order valence-corrected chi connectivity index (χ3v) is 2.39. The summed E-state index contributed by atoms with van der Waals surface area (Å²) in [4.78, 5) is 12.1. The van der Waals surface area contributed by atoms with Gasteiger partial charge < -0.3 is 5.32 Å². The van der Waals surface area contributed by atoms with Gasteiger partial charge in [-0.2, -0.15) is 4.98 Å². The zero-order valence-electron chi connectivity index (χ0n) is 19.8. The summed E-state index contributed by atoms with van der Waals surface area (Å²) in [5.74, 6) is 1.28. The van der Waals surface area contributed by atoms with E-state index in [2.05, 4.69) is 20.3 Å². The van der Waals surface area contributed by atoms with Crippen molar-refractivity contribution in [2.24, 2.45) is 0 Å². The first kappa shape index (κ1) is 38.9. The molecule has 0 fully saturated rings. The van der Waals surface area contributed by atoms with Crippen LogP contribution in [0, 0.1) is 6.92 Å². The van der Waals surface area contributed by atoms with Crippen molar-refractivity contribution in [3.8, 4) is 0 Å². The number of nitrogens with one attached hydrogen (secondary N) is 1. The monoisotopic (exact) mass is 489 g/mol. The first-order valence-electron chi connectivity index (χ1n) is 10.3. The average molecular weight is 490 g/mol. The smallest absolute Gasteiger partial charge is 0.230 e. The molecule has 4 nitrogen and oxygen atoms in total. The van der Waals surface area contributed by atoms with Crippen molar-refractivity contribution >= 4 is 11.6 Å². The maximum absolute atomic E-state index is 4.14. The van der Waals surface area contributed by atoms with Crippen LogP contribution in [-0.4, -0.2) is 15.0 Å². The molecule has 0 spiro atoms. The van der Waals surface area contributed by atoms with Crippen LogP contribution < -0.4 is 5.32 Å². The van der Waals surface area contributed by atoms with Gasteiger partial charge in [0.25, 0.3) is 0 Å². The molecule has 1 heterocycles. The van der Waals surface area contributed by atoms with E-state index in [-0.39, 0.29) is 40.1 Å². The van der Waals surface area contributed by atoms with Crippen LogP contribution in [0.25, 0.3) is 0 Å². The van der Waals surface area contributed by atoms with Crippen LogP contribution >= 0.6 is 0 Å². The number of hydrogen-bond acceptors (Lipinski definition) is 4. The fourth-order valence-electron chi connectivity index (χ4n) is 1.47. The fraction of sp³-hybridized carbons (Fsp3) is 0.400. The number of aryl methyl sites for hydroxylation is 1. The Hall–Kier alpha value is -1.65. The summed E-state index contributed by atoms with van der Waals surface area (Å²) in [6.45, 7) is 17.8. The minimum Gasteiger partial charge on any atom is -0.324 e. The van der Waals surface area contributed by atoms with E-state index in [0.29, 0.717) is 11.8 Å². The Morgan fingerprint density at radius 3 is 1.33 bits per heavy atom. The van der Waals surface area contributed by atoms with Crippen molar-refractivity contribution in [1.29, 1.82) is 0 Å². The summed E-state index contributed by atoms with van der Waals surface area (Å²) in [6, 6.07) is 21.8. The Kier molecular flexibility index (Phi) is 45.2. The molecule has 3 rings (SSSR count). The van der Waals surface area contributed by atoms with Gasteiger partial charge in [-0.1, -0.05) is 117 Å². The van der Waals surface area contributed by atoms with Gasteiger partial charge in [0.15, 0.2) is 0 Å². The zero-order valence-corrected chi connectivity index (χ0v) is 22.7. The third kappa shape index (κ3) is 24.4. The minimum absolute atomic E-state index is 0. The van der Waals surface area contributed by atoms with Crippen molar-refractivity contribution < 1.29 is 32.7 Å². The standard InChI is InChI=1S/C10H10N4.C6H6.4C2H6.CH4.Y/c1-8-11-7-12-10(13-8)14-9-5-3-2-4-6-9;1-2-4-6-5-3-1;4*1-2;;/h2-7H,1H3,(H,11,12,13,14);1-6H;4*1-2H3;1H4;. The Bertz CT molecular complexity index is 594. The Morgan fingerprint density at radius 2 is 0.967 bits per heavy atom. The van der Waals surface area contributed by atoms with E-state index in [4.69, 9.17) is 0 Å². The van der Waals surface area contributed by atoms with E-state index in [9.17, 15) is 0 Å². The third-order valence-electron chi connectivity index (χ3n) is 2.39. The van der Waals surface area contributed by atoms with Crippen LogP contribution in [0.1, 0.15) is 68.6 Å². The van der Waals surface area contributed by atoms with E-state index in [0.717, 1.165) is 5.69 Å². The molecule has 2 aromatic carbocycles. The number of para-hydroxylation sites is 1. The molecular formula is C25H44N4Y. The van der Waals surface area contributed by atoms with Crippen molar-refractivity contribution in [1.82, 2.24) is 15.0 Å². The van der Waals surface area contributed by atoms with Crippen molar-refractivity contribution in [2.75, 3.05) is 5.32 Å². The normalized spacial score (nSPS) is 6.97. The number of benzene rings is 2. The largest absolute Gasteiger partial charge is 0.324 e. The molecule has 0 amide bonds. The zero-order chi connectivity index (χ0) is 22.0. The topological polar surface area (TPSA) is 50.7 Å². The number of nitrogens with zero attached hydrogens (tertiary/aromatic N) is 3. The van der Waals surface area contributed by atoms with E-state index < -0.39 is 0 Å². The molecule has 0 bridgehead atoms. The molecule has 167 valence electrons. The van der Waals surface area contributed by atoms with Gasteiger partial charge in [-0.05, 0) is 19.1 Å². The van der Waals surface area contributed by atoms with E-state index in [1.807, 2.05) is 129 Å². The summed E-state index contributed by atoms with van der Waals surface area (Å²) < 4.78 is 0. The van der Waals surface area contributed by atoms with Gasteiger partial charge in [0.2, 0.25) is 5.95 Å². The Balaban J connectivity index is -0.000000111. The maximum Gasteiger partial charge on any atom is 0.230 e. The van der Waals surface area contributed by atoms with E-state index in [1.165, 1.54) is 6.33 Å². The SMILES string of the molecule is C.CC.CC.CC.CC.Cc1ncnc(Nc2ccccc2)n1.[Y].c1ccccc1. The molecule has 1 radical (unpaired) electrons. The first-order chi connectivity index (χ1) is 13.8. The van der Waals surface area contributed by atoms with E-state index in [1.54, 1.807) is 0 Å². The van der Waals surface area contributed by atoms with Gasteiger partial charge in [-0.25, -0.2) is 9.97 Å². The molecule has 30 heavy (non-hydrogen) atoms. The molecule has 0 aliphatic heterocycles. The van der Waals surface area contributed by atoms with Gasteiger partial charge in [-0.3, -0.25) is 0 Å². The van der Waals surface area contributed by atoms with Crippen molar-refractivity contribution in [3.63, 3.8) is 0 Å². The molecule has 0 saturated carbocycles. The molecule has 3 aromatic rings. The van der Waals surface area contributed by atoms with Gasteiger partial charge in [-0.15, -0.1) is 0 Å². The van der Waals surface area contributed by atoms with Crippen LogP contribution in [0.4, 0.5) is 11.6 Å². The number of rotatable bonds is 2. The predicted octanol–water partition coefficient (Wildman–Crippen LogP) is 8.35. The van der Waals surface area contributed by atoms with Crippen LogP contribution in [-0.2, 0) is 32.7 Å². The summed E-state index contributed by atoms with van der Waals surface area (Å²) in [5, 5.41) is 3.08. The second-order valence-corrected chi connectivity index (χ2v) is 4.00. The molecule has 0 unspecified atom stereocenters. The molecule has 0 saturated heterocycles. The molecule has 5 heteroatoms. The second kappa shape index (κ2) is 34.8. The molecule has 0 atom stereocenters. The Morgan fingerprint density at radius 1 is 0.600 bits per heavy atom. The summed E-state index contributed by atoms with van der Waals surface area (Å²) in [5.41, 5.74) is 0.970. The first-order valence-corrected chi connectivity index (χ1v) is 10.3. The van der Waals surface area contributed by atoms with Gasteiger partial charge in [0, 0.05) is 38.4 Å². The predicted molar refractivity (Wildman–Crippen MR) is 133 cm³/mol. The average Bonchev–Trinajstić information content (AvgIpc) is 2.82. The van der Waals surface area contributed by atoms with Crippen LogP contribution in [0.2, 0.25) is 0 Å². The van der Waals surface area contributed by atoms with Crippen molar-refractivity contribution in [3.05, 3.63) is 78.9 Å². The molecular weight excluding hydrogens is 445 g/mol. The summed E-state index contributed by atoms with van der Waals surface area (Å²) in [6.07, 6.45) is 1.49. The van der Waals surface area contributed by atoms with E-state index >= 15 is 0 Å². The molecule has 0 aliphatic carbocycles. The summed E-state index contributed by atoms with van der Waals surface area (Å²) in [7, 11) is 0. The number of hydrogen-bond donors (Lipinski definition) is 1. The van der Waals surface area contributed by atoms with Crippen LogP contribution in [0.5, 0.6) is 0 Å². The second-order valence-electron chi connectivity index (χ2n) is 4.00. The molecule has 1 aromatic heterocycles. The summed E-state index contributed by atoms with van der Waals surface area (Å²) >= 11 is 0. The van der Waals surface area contributed by atoms with Crippen LogP contribution in [0.15, 0.2) is 73.1 Å². The minimum atomic E-state index is 0. The maximum atomic E-state index is 4.14. The quantitative estimate of drug-likeness (QED) is 0.393. The molecule has 0 aliphatic rings. The molecule has 1 N–H and O–H groups in total. The fourth-order valence-corrected chi connectivity index (χ4v) is 1.47. The Labute approximate surface area is 212 Å². The number of aromatic nitrogens is 3. The van der Waals surface area contributed by atoms with Gasteiger partial charge in [0.1, 0.15) is 12.2 Å². The number of anilines is 2. The van der Waals surface area contributed by atoms with Crippen molar-refractivity contribution in [2.45, 2.75) is 69.7 Å². The van der Waals surface area contributed by atoms with Gasteiger partial charge in [0.05, 0.1) is 0 Å². The van der Waals surface area contributed by atoms with Crippen LogP contribution in [0.3, 0.4) is 0 Å². The van der Waals surface area contributed by atoms with Gasteiger partial charge >= 0.3 is 0 Å².